The molecule has 7 nitrogen and oxygen atoms in total. The highest BCUT2D eigenvalue weighted by Crippen LogP contribution is 2.36. The van der Waals surface area contributed by atoms with Gasteiger partial charge in [0.2, 0.25) is 0 Å². The normalized spacial score (nSPS) is 11.1. The summed E-state index contributed by atoms with van der Waals surface area (Å²) in [4.78, 5) is 26.2. The summed E-state index contributed by atoms with van der Waals surface area (Å²) < 4.78 is 6.66. The SMILES string of the molecule is COC(=O)c1cc(-c2ccccc2)sc1NC(=O)C(C#N)=Cc1c(C)nn(-c2ccccc2)c1C. The number of hydrogen-bond acceptors (Lipinski definition) is 6. The molecule has 0 saturated heterocycles. The highest BCUT2D eigenvalue weighted by molar-refractivity contribution is 7.20. The summed E-state index contributed by atoms with van der Waals surface area (Å²) in [6, 6.07) is 22.8. The molecule has 2 aromatic heterocycles. The number of methoxy groups -OCH3 is 1. The summed E-state index contributed by atoms with van der Waals surface area (Å²) in [5.74, 6) is -1.19. The molecule has 1 N–H and O–H groups in total. The van der Waals surface area contributed by atoms with Gasteiger partial charge in [-0.25, -0.2) is 9.48 Å². The van der Waals surface area contributed by atoms with Crippen LogP contribution in [0.15, 0.2) is 72.3 Å². The molecule has 0 aliphatic carbocycles. The average molecular weight is 483 g/mol. The van der Waals surface area contributed by atoms with Crippen LogP contribution in [0.4, 0.5) is 5.00 Å². The van der Waals surface area contributed by atoms with Crippen LogP contribution in [0.2, 0.25) is 0 Å². The molecule has 2 heterocycles. The number of amides is 1. The number of esters is 1. The molecule has 0 fully saturated rings. The van der Waals surface area contributed by atoms with Gasteiger partial charge in [-0.3, -0.25) is 4.79 Å². The van der Waals surface area contributed by atoms with Gasteiger partial charge in [-0.15, -0.1) is 11.3 Å². The van der Waals surface area contributed by atoms with Gasteiger partial charge in [-0.05, 0) is 43.7 Å². The molecule has 0 atom stereocenters. The Morgan fingerprint density at radius 1 is 1.09 bits per heavy atom. The summed E-state index contributed by atoms with van der Waals surface area (Å²) in [6.45, 7) is 3.71. The van der Waals surface area contributed by atoms with E-state index in [2.05, 4.69) is 10.4 Å². The topological polar surface area (TPSA) is 97.0 Å². The van der Waals surface area contributed by atoms with Crippen molar-refractivity contribution in [1.29, 1.82) is 5.26 Å². The van der Waals surface area contributed by atoms with Crippen molar-refractivity contribution in [2.24, 2.45) is 0 Å². The number of ether oxygens (including phenoxy) is 1. The lowest BCUT2D eigenvalue weighted by Gasteiger charge is -2.05. The highest BCUT2D eigenvalue weighted by atomic mass is 32.1. The van der Waals surface area contributed by atoms with Crippen LogP contribution in [-0.2, 0) is 9.53 Å². The standard InChI is InChI=1S/C27H22N4O3S/c1-17-22(18(2)31(30-17)21-12-8-5-9-13-21)14-20(16-28)25(32)29-26-23(27(33)34-3)15-24(35-26)19-10-6-4-7-11-19/h4-15H,1-3H3,(H,29,32). The predicted molar refractivity (Wildman–Crippen MR) is 136 cm³/mol. The minimum atomic E-state index is -0.620. The number of nitrogens with one attached hydrogen (secondary N) is 1. The van der Waals surface area contributed by atoms with E-state index in [4.69, 9.17) is 4.74 Å². The van der Waals surface area contributed by atoms with Gasteiger partial charge >= 0.3 is 5.97 Å². The van der Waals surface area contributed by atoms with Gasteiger partial charge in [0.1, 0.15) is 16.6 Å². The fourth-order valence-corrected chi connectivity index (χ4v) is 4.68. The number of rotatable bonds is 6. The number of carbonyl (C=O) groups is 2. The Morgan fingerprint density at radius 3 is 2.37 bits per heavy atom. The largest absolute Gasteiger partial charge is 0.465 e. The van der Waals surface area contributed by atoms with E-state index in [-0.39, 0.29) is 11.1 Å². The molecular formula is C27H22N4O3S. The lowest BCUT2D eigenvalue weighted by atomic mass is 10.1. The third-order valence-electron chi connectivity index (χ3n) is 5.42. The van der Waals surface area contributed by atoms with Crippen LogP contribution in [0.1, 0.15) is 27.3 Å². The molecule has 0 saturated carbocycles. The van der Waals surface area contributed by atoms with Gasteiger partial charge in [0, 0.05) is 16.1 Å². The molecular weight excluding hydrogens is 460 g/mol. The second kappa shape index (κ2) is 10.2. The van der Waals surface area contributed by atoms with Crippen molar-refractivity contribution in [2.75, 3.05) is 12.4 Å². The predicted octanol–water partition coefficient (Wildman–Crippen LogP) is 5.55. The van der Waals surface area contributed by atoms with Crippen LogP contribution in [0.3, 0.4) is 0 Å². The van der Waals surface area contributed by atoms with Crippen molar-refractivity contribution in [1.82, 2.24) is 9.78 Å². The second-order valence-corrected chi connectivity index (χ2v) is 8.72. The van der Waals surface area contributed by atoms with Crippen LogP contribution < -0.4 is 5.32 Å². The van der Waals surface area contributed by atoms with Gasteiger partial charge in [0.15, 0.2) is 0 Å². The molecule has 0 aliphatic rings. The first-order chi connectivity index (χ1) is 16.9. The van der Waals surface area contributed by atoms with Gasteiger partial charge in [0.25, 0.3) is 5.91 Å². The maximum Gasteiger partial charge on any atom is 0.340 e. The van der Waals surface area contributed by atoms with E-state index in [0.29, 0.717) is 16.3 Å². The first-order valence-corrected chi connectivity index (χ1v) is 11.6. The third kappa shape index (κ3) is 4.90. The Kier molecular flexibility index (Phi) is 6.90. The zero-order valence-corrected chi connectivity index (χ0v) is 20.2. The summed E-state index contributed by atoms with van der Waals surface area (Å²) in [5, 5.41) is 17.4. The number of aromatic nitrogens is 2. The molecule has 35 heavy (non-hydrogen) atoms. The molecule has 1 amide bonds. The number of aryl methyl sites for hydroxylation is 1. The van der Waals surface area contributed by atoms with Crippen LogP contribution in [0.25, 0.3) is 22.2 Å². The third-order valence-corrected chi connectivity index (χ3v) is 6.52. The summed E-state index contributed by atoms with van der Waals surface area (Å²) in [5.41, 5.74) is 4.08. The van der Waals surface area contributed by atoms with Crippen LogP contribution in [0.5, 0.6) is 0 Å². The Labute approximate surface area is 206 Å². The van der Waals surface area contributed by atoms with E-state index in [9.17, 15) is 14.9 Å². The Balaban J connectivity index is 1.67. The van der Waals surface area contributed by atoms with Crippen LogP contribution >= 0.6 is 11.3 Å². The molecule has 4 rings (SSSR count). The smallest absolute Gasteiger partial charge is 0.340 e. The lowest BCUT2D eigenvalue weighted by molar-refractivity contribution is -0.112. The summed E-state index contributed by atoms with van der Waals surface area (Å²) in [7, 11) is 1.28. The van der Waals surface area contributed by atoms with E-state index in [1.54, 1.807) is 10.7 Å². The fraction of sp³-hybridized carbons (Fsp3) is 0.111. The van der Waals surface area contributed by atoms with E-state index < -0.39 is 11.9 Å². The number of para-hydroxylation sites is 1. The number of nitrogens with zero attached hydrogens (tertiary/aromatic N) is 3. The molecule has 0 radical (unpaired) electrons. The number of thiophene rings is 1. The molecule has 0 aliphatic heterocycles. The molecule has 0 bridgehead atoms. The maximum atomic E-state index is 13.1. The Morgan fingerprint density at radius 2 is 1.74 bits per heavy atom. The number of anilines is 1. The summed E-state index contributed by atoms with van der Waals surface area (Å²) in [6.07, 6.45) is 1.52. The second-order valence-electron chi connectivity index (χ2n) is 7.67. The van der Waals surface area contributed by atoms with Gasteiger partial charge in [0.05, 0.1) is 24.1 Å². The zero-order valence-electron chi connectivity index (χ0n) is 19.4. The minimum absolute atomic E-state index is 0.103. The van der Waals surface area contributed by atoms with Crippen molar-refractivity contribution in [2.45, 2.75) is 13.8 Å². The van der Waals surface area contributed by atoms with E-state index >= 15 is 0 Å². The molecule has 2 aromatic carbocycles. The van der Waals surface area contributed by atoms with Crippen molar-refractivity contribution < 1.29 is 14.3 Å². The maximum absolute atomic E-state index is 13.1. The van der Waals surface area contributed by atoms with Gasteiger partial charge in [-0.1, -0.05) is 48.5 Å². The molecule has 174 valence electrons. The number of hydrogen-bond donors (Lipinski definition) is 1. The quantitative estimate of drug-likeness (QED) is 0.221. The zero-order chi connectivity index (χ0) is 24.9. The highest BCUT2D eigenvalue weighted by Gasteiger charge is 2.22. The van der Waals surface area contributed by atoms with Gasteiger partial charge in [-0.2, -0.15) is 10.4 Å². The fourth-order valence-electron chi connectivity index (χ4n) is 3.64. The number of carbonyl (C=O) groups excluding carboxylic acids is 2. The monoisotopic (exact) mass is 482 g/mol. The first kappa shape index (κ1) is 23.7. The van der Waals surface area contributed by atoms with Gasteiger partial charge < -0.3 is 10.1 Å². The molecule has 0 unspecified atom stereocenters. The Bertz CT molecular complexity index is 1460. The van der Waals surface area contributed by atoms with Crippen molar-refractivity contribution in [3.05, 3.63) is 94.8 Å². The number of benzene rings is 2. The molecule has 0 spiro atoms. The van der Waals surface area contributed by atoms with E-state index in [0.717, 1.165) is 21.8 Å². The van der Waals surface area contributed by atoms with Crippen LogP contribution in [0, 0.1) is 25.2 Å². The first-order valence-electron chi connectivity index (χ1n) is 10.7. The summed E-state index contributed by atoms with van der Waals surface area (Å²) >= 11 is 1.24. The van der Waals surface area contributed by atoms with E-state index in [1.807, 2.05) is 80.6 Å². The average Bonchev–Trinajstić information content (AvgIpc) is 3.43. The Hall–Kier alpha value is -4.48. The van der Waals surface area contributed by atoms with Crippen molar-refractivity contribution >= 4 is 34.3 Å². The minimum Gasteiger partial charge on any atom is -0.465 e. The van der Waals surface area contributed by atoms with Crippen molar-refractivity contribution in [3.8, 4) is 22.2 Å². The number of nitriles is 1. The molecule has 4 aromatic rings. The van der Waals surface area contributed by atoms with E-state index in [1.165, 1.54) is 24.5 Å². The molecule has 8 heteroatoms. The lowest BCUT2D eigenvalue weighted by Crippen LogP contribution is -2.15. The van der Waals surface area contributed by atoms with Crippen molar-refractivity contribution in [3.63, 3.8) is 0 Å². The van der Waals surface area contributed by atoms with Crippen LogP contribution in [-0.4, -0.2) is 28.8 Å².